The number of pyridine rings is 1. The van der Waals surface area contributed by atoms with Crippen LogP contribution in [0.25, 0.3) is 0 Å². The van der Waals surface area contributed by atoms with Gasteiger partial charge in [-0.15, -0.1) is 0 Å². The van der Waals surface area contributed by atoms with Crippen molar-refractivity contribution in [3.05, 3.63) is 62.0 Å². The van der Waals surface area contributed by atoms with Crippen molar-refractivity contribution in [3.63, 3.8) is 0 Å². The highest BCUT2D eigenvalue weighted by molar-refractivity contribution is 6.44. The molecular weight excluding hydrogens is 401 g/mol. The predicted molar refractivity (Wildman–Crippen MR) is 108 cm³/mol. The lowest BCUT2D eigenvalue weighted by molar-refractivity contribution is -0.136. The molecule has 0 bridgehead atoms. The van der Waals surface area contributed by atoms with Crippen LogP contribution in [0.1, 0.15) is 17.5 Å². The van der Waals surface area contributed by atoms with Crippen LogP contribution in [-0.4, -0.2) is 34.4 Å². The summed E-state index contributed by atoms with van der Waals surface area (Å²) in [6, 6.07) is 6.77. The van der Waals surface area contributed by atoms with Crippen molar-refractivity contribution in [3.8, 4) is 0 Å². The van der Waals surface area contributed by atoms with E-state index < -0.39 is 5.92 Å². The summed E-state index contributed by atoms with van der Waals surface area (Å²) >= 11 is 12.3. The number of rotatable bonds is 2. The minimum absolute atomic E-state index is 0.0473. The van der Waals surface area contributed by atoms with Gasteiger partial charge in [-0.25, -0.2) is 0 Å². The molecule has 3 heterocycles. The van der Waals surface area contributed by atoms with Gasteiger partial charge in [-0.3, -0.25) is 14.4 Å². The smallest absolute Gasteiger partial charge is 0.250 e. The second-order valence-corrected chi connectivity index (χ2v) is 8.05. The average molecular weight is 420 g/mol. The summed E-state index contributed by atoms with van der Waals surface area (Å²) in [5.41, 5.74) is 2.45. The third kappa shape index (κ3) is 3.31. The van der Waals surface area contributed by atoms with Gasteiger partial charge in [0.05, 0.1) is 21.7 Å². The summed E-state index contributed by atoms with van der Waals surface area (Å²) in [5, 5.41) is 0.693. The Morgan fingerprint density at radius 2 is 1.96 bits per heavy atom. The molecule has 0 N–H and O–H groups in total. The van der Waals surface area contributed by atoms with Crippen LogP contribution in [-0.2, 0) is 29.6 Å². The predicted octanol–water partition coefficient (Wildman–Crippen LogP) is 2.63. The number of hydrogen-bond donors (Lipinski definition) is 0. The van der Waals surface area contributed by atoms with Crippen LogP contribution >= 0.6 is 23.2 Å². The van der Waals surface area contributed by atoms with Crippen LogP contribution in [0.5, 0.6) is 0 Å². The first-order chi connectivity index (χ1) is 13.3. The average Bonchev–Trinajstić information content (AvgIpc) is 3.05. The molecule has 0 saturated carbocycles. The molecule has 2 aliphatic heterocycles. The summed E-state index contributed by atoms with van der Waals surface area (Å²) in [5.74, 6) is -0.604. The Balaban J connectivity index is 1.52. The minimum atomic E-state index is -0.420. The number of nitrogens with zero attached hydrogens (tertiary/aromatic N) is 3. The van der Waals surface area contributed by atoms with Gasteiger partial charge in [-0.2, -0.15) is 0 Å². The van der Waals surface area contributed by atoms with E-state index in [9.17, 15) is 14.4 Å². The first-order valence-electron chi connectivity index (χ1n) is 9.06. The molecule has 1 fully saturated rings. The largest absolute Gasteiger partial charge is 0.338 e. The Morgan fingerprint density at radius 3 is 2.75 bits per heavy atom. The summed E-state index contributed by atoms with van der Waals surface area (Å²) in [7, 11) is 1.70. The van der Waals surface area contributed by atoms with E-state index in [0.29, 0.717) is 35.2 Å². The highest BCUT2D eigenvalue weighted by Crippen LogP contribution is 2.36. The lowest BCUT2D eigenvalue weighted by Gasteiger charge is -2.31. The van der Waals surface area contributed by atoms with E-state index >= 15 is 0 Å². The molecule has 1 aromatic carbocycles. The van der Waals surface area contributed by atoms with E-state index in [2.05, 4.69) is 0 Å². The van der Waals surface area contributed by atoms with Crippen molar-refractivity contribution < 1.29 is 9.59 Å². The molecule has 6 nitrogen and oxygen atoms in total. The molecule has 0 spiro atoms. The second-order valence-electron chi connectivity index (χ2n) is 7.26. The number of benzene rings is 1. The van der Waals surface area contributed by atoms with E-state index in [-0.39, 0.29) is 30.3 Å². The highest BCUT2D eigenvalue weighted by atomic mass is 35.5. The minimum Gasteiger partial charge on any atom is -0.338 e. The van der Waals surface area contributed by atoms with Gasteiger partial charge in [0.1, 0.15) is 0 Å². The topological polar surface area (TPSA) is 62.6 Å². The van der Waals surface area contributed by atoms with E-state index in [1.54, 1.807) is 47.3 Å². The molecular formula is C20H19Cl2N3O3. The molecule has 2 aliphatic rings. The standard InChI is InChI=1S/C20H19Cl2N3O3/c1-23-9-14-10-24(6-5-12(14)7-17(23)26)20(28)13-8-18(27)25(11-13)16-4-2-3-15(21)19(16)22/h2-4,7,9,13H,5-6,8,10-11H2,1H3. The van der Waals surface area contributed by atoms with Crippen LogP contribution in [0.2, 0.25) is 10.0 Å². The maximum atomic E-state index is 13.1. The first-order valence-corrected chi connectivity index (χ1v) is 9.82. The van der Waals surface area contributed by atoms with Crippen molar-refractivity contribution in [1.82, 2.24) is 9.47 Å². The summed E-state index contributed by atoms with van der Waals surface area (Å²) in [6.45, 7) is 1.28. The van der Waals surface area contributed by atoms with Gasteiger partial charge in [-0.1, -0.05) is 29.3 Å². The van der Waals surface area contributed by atoms with Crippen molar-refractivity contribution in [2.45, 2.75) is 19.4 Å². The number of anilines is 1. The molecule has 28 heavy (non-hydrogen) atoms. The van der Waals surface area contributed by atoms with E-state index in [1.165, 1.54) is 4.57 Å². The van der Waals surface area contributed by atoms with Gasteiger partial charge in [0.15, 0.2) is 0 Å². The summed E-state index contributed by atoms with van der Waals surface area (Å²) in [6.07, 6.45) is 2.58. The normalized spacial score (nSPS) is 19.1. The Labute approximate surface area is 172 Å². The van der Waals surface area contributed by atoms with Crippen molar-refractivity contribution >= 4 is 40.7 Å². The molecule has 0 radical (unpaired) electrons. The number of fused-ring (bicyclic) bond motifs is 1. The molecule has 146 valence electrons. The van der Waals surface area contributed by atoms with Crippen LogP contribution in [0.15, 0.2) is 35.3 Å². The Morgan fingerprint density at radius 1 is 1.18 bits per heavy atom. The quantitative estimate of drug-likeness (QED) is 0.751. The van der Waals surface area contributed by atoms with E-state index in [1.807, 2.05) is 0 Å². The first kappa shape index (κ1) is 19.0. The SMILES string of the molecule is Cn1cc2c(cc1=O)CCN(C(=O)C1CC(=O)N(c3cccc(Cl)c3Cl)C1)C2. The Kier molecular flexibility index (Phi) is 4.93. The number of halogens is 2. The van der Waals surface area contributed by atoms with Crippen LogP contribution in [0, 0.1) is 5.92 Å². The van der Waals surface area contributed by atoms with Gasteiger partial charge < -0.3 is 14.4 Å². The lowest BCUT2D eigenvalue weighted by Crippen LogP contribution is -2.41. The Hall–Kier alpha value is -2.31. The zero-order valence-corrected chi connectivity index (χ0v) is 16.8. The zero-order valence-electron chi connectivity index (χ0n) is 15.3. The van der Waals surface area contributed by atoms with E-state index in [0.717, 1.165) is 11.1 Å². The molecule has 1 aromatic heterocycles. The van der Waals surface area contributed by atoms with Gasteiger partial charge in [0.2, 0.25) is 11.8 Å². The number of carbonyl (C=O) groups is 2. The number of amides is 2. The van der Waals surface area contributed by atoms with Crippen LogP contribution in [0.4, 0.5) is 5.69 Å². The maximum absolute atomic E-state index is 13.1. The van der Waals surface area contributed by atoms with E-state index in [4.69, 9.17) is 23.2 Å². The fraction of sp³-hybridized carbons (Fsp3) is 0.350. The maximum Gasteiger partial charge on any atom is 0.250 e. The molecule has 0 aliphatic carbocycles. The number of hydrogen-bond acceptors (Lipinski definition) is 3. The molecule has 1 unspecified atom stereocenters. The molecule has 2 aromatic rings. The Bertz CT molecular complexity index is 1030. The molecule has 8 heteroatoms. The van der Waals surface area contributed by atoms with Crippen molar-refractivity contribution in [2.75, 3.05) is 18.0 Å². The number of aromatic nitrogens is 1. The van der Waals surface area contributed by atoms with Crippen LogP contribution in [0.3, 0.4) is 0 Å². The third-order valence-electron chi connectivity index (χ3n) is 5.43. The number of carbonyl (C=O) groups excluding carboxylic acids is 2. The van der Waals surface area contributed by atoms with Gasteiger partial charge in [0.25, 0.3) is 5.56 Å². The monoisotopic (exact) mass is 419 g/mol. The zero-order chi connectivity index (χ0) is 20.0. The van der Waals surface area contributed by atoms with Gasteiger partial charge in [0, 0.05) is 45.4 Å². The van der Waals surface area contributed by atoms with Crippen LogP contribution < -0.4 is 10.5 Å². The molecule has 1 saturated heterocycles. The fourth-order valence-electron chi connectivity index (χ4n) is 3.89. The summed E-state index contributed by atoms with van der Waals surface area (Å²) in [4.78, 5) is 40.7. The second kappa shape index (κ2) is 7.26. The summed E-state index contributed by atoms with van der Waals surface area (Å²) < 4.78 is 1.52. The number of aryl methyl sites for hydroxylation is 1. The van der Waals surface area contributed by atoms with Gasteiger partial charge >= 0.3 is 0 Å². The third-order valence-corrected chi connectivity index (χ3v) is 6.24. The molecule has 2 amide bonds. The highest BCUT2D eigenvalue weighted by Gasteiger charge is 2.38. The van der Waals surface area contributed by atoms with Crippen molar-refractivity contribution in [2.24, 2.45) is 13.0 Å². The molecule has 1 atom stereocenters. The fourth-order valence-corrected chi connectivity index (χ4v) is 4.29. The van der Waals surface area contributed by atoms with Crippen molar-refractivity contribution in [1.29, 1.82) is 0 Å². The van der Waals surface area contributed by atoms with Gasteiger partial charge in [-0.05, 0) is 29.7 Å². The lowest BCUT2D eigenvalue weighted by atomic mass is 9.99. The molecule has 4 rings (SSSR count).